The number of hydrogen-bond acceptors (Lipinski definition) is 8. The van der Waals surface area contributed by atoms with Gasteiger partial charge in [0.1, 0.15) is 5.75 Å². The number of ether oxygens (including phenoxy) is 2. The van der Waals surface area contributed by atoms with Gasteiger partial charge < -0.3 is 14.4 Å². The Labute approximate surface area is 217 Å². The summed E-state index contributed by atoms with van der Waals surface area (Å²) in [6.45, 7) is 3.56. The lowest BCUT2D eigenvalue weighted by molar-refractivity contribution is -0.384. The van der Waals surface area contributed by atoms with Gasteiger partial charge in [0.15, 0.2) is 12.4 Å². The van der Waals surface area contributed by atoms with Gasteiger partial charge >= 0.3 is 11.9 Å². The third-order valence-corrected chi connectivity index (χ3v) is 6.15. The Morgan fingerprint density at radius 2 is 1.63 bits per heavy atom. The summed E-state index contributed by atoms with van der Waals surface area (Å²) in [6.07, 6.45) is 0.00909. The van der Waals surface area contributed by atoms with E-state index in [2.05, 4.69) is 0 Å². The molecule has 1 amide bonds. The highest BCUT2D eigenvalue weighted by Crippen LogP contribution is 2.29. The summed E-state index contributed by atoms with van der Waals surface area (Å²) in [5, 5.41) is 10.7. The first kappa shape index (κ1) is 26.2. The molecule has 0 aromatic heterocycles. The quantitative estimate of drug-likeness (QED) is 0.143. The zero-order chi connectivity index (χ0) is 27.4. The summed E-state index contributed by atoms with van der Waals surface area (Å²) in [7, 11) is 0. The highest BCUT2D eigenvalue weighted by Gasteiger charge is 2.37. The van der Waals surface area contributed by atoms with Crippen molar-refractivity contribution in [3.05, 3.63) is 99.1 Å². The number of nitrogens with zero attached hydrogens (tertiary/aromatic N) is 2. The number of hydrogen-bond donors (Lipinski definition) is 0. The molecular weight excluding hydrogens is 492 g/mol. The summed E-state index contributed by atoms with van der Waals surface area (Å²) in [5.74, 6) is -2.47. The number of esters is 2. The average Bonchev–Trinajstić information content (AvgIpc) is 3.28. The maximum atomic E-state index is 12.6. The van der Waals surface area contributed by atoms with Crippen LogP contribution in [0.25, 0.3) is 0 Å². The second-order valence-electron chi connectivity index (χ2n) is 8.94. The number of carbonyl (C=O) groups is 4. The van der Waals surface area contributed by atoms with E-state index < -0.39 is 35.2 Å². The van der Waals surface area contributed by atoms with E-state index >= 15 is 0 Å². The molecule has 1 atom stereocenters. The summed E-state index contributed by atoms with van der Waals surface area (Å²) >= 11 is 0. The van der Waals surface area contributed by atoms with E-state index in [0.29, 0.717) is 0 Å². The van der Waals surface area contributed by atoms with Gasteiger partial charge in [-0.1, -0.05) is 17.7 Å². The molecule has 194 valence electrons. The molecule has 1 heterocycles. The molecule has 0 radical (unpaired) electrons. The number of Topliss-reactive ketones (excluding diaryl/α,β-unsaturated/α-hetero) is 1. The number of benzene rings is 3. The first-order valence-electron chi connectivity index (χ1n) is 11.8. The topological polar surface area (TPSA) is 133 Å². The molecule has 0 unspecified atom stereocenters. The number of rotatable bonds is 8. The molecule has 1 aliphatic heterocycles. The maximum absolute atomic E-state index is 12.6. The van der Waals surface area contributed by atoms with Crippen LogP contribution in [0.15, 0.2) is 66.7 Å². The molecule has 1 fully saturated rings. The zero-order valence-corrected chi connectivity index (χ0v) is 20.7. The second-order valence-corrected chi connectivity index (χ2v) is 8.94. The molecule has 0 N–H and O–H groups in total. The van der Waals surface area contributed by atoms with E-state index in [1.807, 2.05) is 32.0 Å². The standard InChI is InChI=1S/C28H24N2O8/c1-17-3-12-24(18(2)13-17)29-15-21(14-26(29)32)27(33)37-16-25(31)19-6-10-23(11-7-19)38-28(34)20-4-8-22(9-5-20)30(35)36/h3-13,21H,14-16H2,1-2H3/t21-/m1/s1. The van der Waals surface area contributed by atoms with Crippen molar-refractivity contribution in [1.82, 2.24) is 0 Å². The minimum absolute atomic E-state index is 0.00909. The number of anilines is 1. The minimum Gasteiger partial charge on any atom is -0.457 e. The molecule has 3 aromatic carbocycles. The van der Waals surface area contributed by atoms with Crippen molar-refractivity contribution in [1.29, 1.82) is 0 Å². The van der Waals surface area contributed by atoms with Crippen LogP contribution < -0.4 is 9.64 Å². The molecule has 4 rings (SSSR count). The normalized spacial score (nSPS) is 14.7. The molecule has 0 saturated carbocycles. The van der Waals surface area contributed by atoms with Crippen molar-refractivity contribution < 1.29 is 33.6 Å². The number of nitro benzene ring substituents is 1. The Morgan fingerprint density at radius 3 is 2.26 bits per heavy atom. The van der Waals surface area contributed by atoms with Crippen LogP contribution in [0.4, 0.5) is 11.4 Å². The van der Waals surface area contributed by atoms with E-state index in [-0.39, 0.29) is 41.4 Å². The van der Waals surface area contributed by atoms with Crippen molar-refractivity contribution in [2.45, 2.75) is 20.3 Å². The van der Waals surface area contributed by atoms with Crippen LogP contribution in [-0.4, -0.2) is 41.7 Å². The summed E-state index contributed by atoms with van der Waals surface area (Å²) < 4.78 is 10.4. The van der Waals surface area contributed by atoms with Crippen LogP contribution >= 0.6 is 0 Å². The Kier molecular flexibility index (Phi) is 7.61. The van der Waals surface area contributed by atoms with Crippen molar-refractivity contribution in [3.63, 3.8) is 0 Å². The number of carbonyl (C=O) groups excluding carboxylic acids is 4. The lowest BCUT2D eigenvalue weighted by atomic mass is 10.1. The number of aryl methyl sites for hydroxylation is 2. The largest absolute Gasteiger partial charge is 0.457 e. The highest BCUT2D eigenvalue weighted by atomic mass is 16.6. The number of ketones is 1. The van der Waals surface area contributed by atoms with Gasteiger partial charge in [-0.15, -0.1) is 0 Å². The first-order valence-corrected chi connectivity index (χ1v) is 11.8. The first-order chi connectivity index (χ1) is 18.1. The number of amides is 1. The van der Waals surface area contributed by atoms with Crippen LogP contribution in [0.3, 0.4) is 0 Å². The van der Waals surface area contributed by atoms with Crippen molar-refractivity contribution >= 4 is 35.0 Å². The molecule has 38 heavy (non-hydrogen) atoms. The molecule has 10 nitrogen and oxygen atoms in total. The van der Waals surface area contributed by atoms with Crippen molar-refractivity contribution in [2.75, 3.05) is 18.1 Å². The van der Waals surface area contributed by atoms with Gasteiger partial charge in [0.05, 0.1) is 16.4 Å². The van der Waals surface area contributed by atoms with Gasteiger partial charge in [0, 0.05) is 36.3 Å². The maximum Gasteiger partial charge on any atom is 0.343 e. The van der Waals surface area contributed by atoms with Crippen LogP contribution in [0, 0.1) is 29.9 Å². The molecular formula is C28H24N2O8. The fourth-order valence-electron chi connectivity index (χ4n) is 4.14. The minimum atomic E-state index is -0.714. The third-order valence-electron chi connectivity index (χ3n) is 6.15. The van der Waals surface area contributed by atoms with Crippen LogP contribution in [0.5, 0.6) is 5.75 Å². The fourth-order valence-corrected chi connectivity index (χ4v) is 4.14. The van der Waals surface area contributed by atoms with Gasteiger partial charge in [0.2, 0.25) is 5.91 Å². The predicted octanol–water partition coefficient (Wildman–Crippen LogP) is 4.21. The van der Waals surface area contributed by atoms with Crippen molar-refractivity contribution in [2.24, 2.45) is 5.92 Å². The monoisotopic (exact) mass is 516 g/mol. The Morgan fingerprint density at radius 1 is 0.974 bits per heavy atom. The summed E-state index contributed by atoms with van der Waals surface area (Å²) in [5.41, 5.74) is 2.98. The van der Waals surface area contributed by atoms with E-state index in [0.717, 1.165) is 16.8 Å². The predicted molar refractivity (Wildman–Crippen MR) is 136 cm³/mol. The second kappa shape index (κ2) is 11.0. The SMILES string of the molecule is Cc1ccc(N2C[C@H](C(=O)OCC(=O)c3ccc(OC(=O)c4ccc([N+](=O)[O-])cc4)cc3)CC2=O)c(C)c1. The van der Waals surface area contributed by atoms with Gasteiger partial charge in [0.25, 0.3) is 5.69 Å². The van der Waals surface area contributed by atoms with E-state index in [1.165, 1.54) is 48.5 Å². The molecule has 10 heteroatoms. The fraction of sp³-hybridized carbons (Fsp3) is 0.214. The zero-order valence-electron chi connectivity index (χ0n) is 20.7. The molecule has 0 bridgehead atoms. The third kappa shape index (κ3) is 5.92. The van der Waals surface area contributed by atoms with Crippen LogP contribution in [0.2, 0.25) is 0 Å². The molecule has 3 aromatic rings. The van der Waals surface area contributed by atoms with Gasteiger partial charge in [-0.25, -0.2) is 4.79 Å². The Balaban J connectivity index is 1.29. The van der Waals surface area contributed by atoms with Gasteiger partial charge in [-0.3, -0.25) is 24.5 Å². The van der Waals surface area contributed by atoms with Crippen molar-refractivity contribution in [3.8, 4) is 5.75 Å². The number of non-ortho nitro benzene ring substituents is 1. The lowest BCUT2D eigenvalue weighted by Gasteiger charge is -2.19. The molecule has 1 saturated heterocycles. The highest BCUT2D eigenvalue weighted by molar-refractivity contribution is 6.01. The smallest absolute Gasteiger partial charge is 0.343 e. The molecule has 1 aliphatic rings. The molecule has 0 aliphatic carbocycles. The van der Waals surface area contributed by atoms with E-state index in [4.69, 9.17) is 9.47 Å². The molecule has 0 spiro atoms. The van der Waals surface area contributed by atoms with Gasteiger partial charge in [-0.05, 0) is 61.9 Å². The van der Waals surface area contributed by atoms with Crippen LogP contribution in [-0.2, 0) is 14.3 Å². The lowest BCUT2D eigenvalue weighted by Crippen LogP contribution is -2.27. The summed E-state index contributed by atoms with van der Waals surface area (Å²) in [6, 6.07) is 16.4. The Hall–Kier alpha value is -4.86. The van der Waals surface area contributed by atoms with Crippen LogP contribution in [0.1, 0.15) is 38.3 Å². The van der Waals surface area contributed by atoms with E-state index in [1.54, 1.807) is 4.90 Å². The number of nitro groups is 1. The van der Waals surface area contributed by atoms with E-state index in [9.17, 15) is 29.3 Å². The Bertz CT molecular complexity index is 1410. The average molecular weight is 517 g/mol. The summed E-state index contributed by atoms with van der Waals surface area (Å²) in [4.78, 5) is 61.6. The van der Waals surface area contributed by atoms with Gasteiger partial charge in [-0.2, -0.15) is 0 Å².